The first kappa shape index (κ1) is 13.0. The quantitative estimate of drug-likeness (QED) is 0.799. The molecule has 1 fully saturated rings. The van der Waals surface area contributed by atoms with E-state index in [2.05, 4.69) is 6.92 Å². The van der Waals surface area contributed by atoms with Crippen LogP contribution in [0.3, 0.4) is 0 Å². The van der Waals surface area contributed by atoms with Gasteiger partial charge in [-0.1, -0.05) is 19.8 Å². The SMILES string of the molecule is CC(=O)N(C)C(C(=O)O)C1CCC(C)CC1. The minimum absolute atomic E-state index is 0.114. The summed E-state index contributed by atoms with van der Waals surface area (Å²) >= 11 is 0. The van der Waals surface area contributed by atoms with Gasteiger partial charge in [0.15, 0.2) is 0 Å². The summed E-state index contributed by atoms with van der Waals surface area (Å²) in [7, 11) is 1.58. The normalized spacial score (nSPS) is 27.2. The Balaban J connectivity index is 2.70. The van der Waals surface area contributed by atoms with Crippen LogP contribution in [-0.2, 0) is 9.59 Å². The molecule has 1 amide bonds. The molecule has 1 aliphatic rings. The largest absolute Gasteiger partial charge is 0.480 e. The van der Waals surface area contributed by atoms with Crippen LogP contribution in [0.5, 0.6) is 0 Å². The molecule has 1 rings (SSSR count). The zero-order valence-electron chi connectivity index (χ0n) is 10.3. The fourth-order valence-electron chi connectivity index (χ4n) is 2.48. The molecule has 0 saturated heterocycles. The fraction of sp³-hybridized carbons (Fsp3) is 0.833. The van der Waals surface area contributed by atoms with Crippen LogP contribution in [0, 0.1) is 11.8 Å². The third-order valence-corrected chi connectivity index (χ3v) is 3.67. The molecule has 0 heterocycles. The van der Waals surface area contributed by atoms with Crippen molar-refractivity contribution in [1.82, 2.24) is 4.90 Å². The smallest absolute Gasteiger partial charge is 0.326 e. The van der Waals surface area contributed by atoms with E-state index in [1.54, 1.807) is 7.05 Å². The van der Waals surface area contributed by atoms with Gasteiger partial charge in [0.1, 0.15) is 6.04 Å². The van der Waals surface area contributed by atoms with Crippen LogP contribution in [0.2, 0.25) is 0 Å². The van der Waals surface area contributed by atoms with Gasteiger partial charge in [-0.3, -0.25) is 4.79 Å². The predicted octanol–water partition coefficient (Wildman–Crippen LogP) is 1.74. The Morgan fingerprint density at radius 2 is 1.75 bits per heavy atom. The molecule has 0 bridgehead atoms. The molecule has 0 radical (unpaired) electrons. The van der Waals surface area contributed by atoms with Crippen molar-refractivity contribution in [2.75, 3.05) is 7.05 Å². The third-order valence-electron chi connectivity index (χ3n) is 3.67. The molecule has 0 aromatic rings. The molecule has 0 aromatic heterocycles. The maximum absolute atomic E-state index is 11.3. The lowest BCUT2D eigenvalue weighted by Crippen LogP contribution is -2.47. The number of carbonyl (C=O) groups excluding carboxylic acids is 1. The van der Waals surface area contributed by atoms with Gasteiger partial charge in [0, 0.05) is 14.0 Å². The summed E-state index contributed by atoms with van der Waals surface area (Å²) < 4.78 is 0. The number of aliphatic carboxylic acids is 1. The van der Waals surface area contributed by atoms with E-state index in [9.17, 15) is 14.7 Å². The van der Waals surface area contributed by atoms with Crippen molar-refractivity contribution in [2.24, 2.45) is 11.8 Å². The molecular weight excluding hydrogens is 206 g/mol. The van der Waals surface area contributed by atoms with Gasteiger partial charge in [0.25, 0.3) is 0 Å². The van der Waals surface area contributed by atoms with Crippen LogP contribution in [0.4, 0.5) is 0 Å². The summed E-state index contributed by atoms with van der Waals surface area (Å²) in [6.07, 6.45) is 3.96. The van der Waals surface area contributed by atoms with E-state index in [0.717, 1.165) is 25.7 Å². The van der Waals surface area contributed by atoms with Crippen LogP contribution in [0.15, 0.2) is 0 Å². The topological polar surface area (TPSA) is 57.6 Å². The highest BCUT2D eigenvalue weighted by Gasteiger charge is 2.34. The van der Waals surface area contributed by atoms with Gasteiger partial charge in [0.05, 0.1) is 0 Å². The van der Waals surface area contributed by atoms with Gasteiger partial charge >= 0.3 is 5.97 Å². The number of rotatable bonds is 3. The lowest BCUT2D eigenvalue weighted by molar-refractivity contribution is -0.151. The minimum Gasteiger partial charge on any atom is -0.480 e. The number of amides is 1. The number of hydrogen-bond donors (Lipinski definition) is 1. The van der Waals surface area contributed by atoms with Crippen LogP contribution in [0.1, 0.15) is 39.5 Å². The fourth-order valence-corrected chi connectivity index (χ4v) is 2.48. The van der Waals surface area contributed by atoms with Crippen molar-refractivity contribution < 1.29 is 14.7 Å². The molecular formula is C12H21NO3. The van der Waals surface area contributed by atoms with Crippen LogP contribution >= 0.6 is 0 Å². The van der Waals surface area contributed by atoms with Gasteiger partial charge < -0.3 is 10.0 Å². The summed E-state index contributed by atoms with van der Waals surface area (Å²) in [5.74, 6) is -0.251. The predicted molar refractivity (Wildman–Crippen MR) is 61.0 cm³/mol. The Hall–Kier alpha value is -1.06. The Labute approximate surface area is 96.6 Å². The molecule has 0 aliphatic heterocycles. The Morgan fingerprint density at radius 1 is 1.25 bits per heavy atom. The first-order valence-corrected chi connectivity index (χ1v) is 5.89. The first-order valence-electron chi connectivity index (χ1n) is 5.89. The lowest BCUT2D eigenvalue weighted by atomic mass is 9.79. The van der Waals surface area contributed by atoms with E-state index in [1.165, 1.54) is 11.8 Å². The number of hydrogen-bond acceptors (Lipinski definition) is 2. The second-order valence-corrected chi connectivity index (χ2v) is 4.93. The third kappa shape index (κ3) is 2.97. The van der Waals surface area contributed by atoms with E-state index in [-0.39, 0.29) is 11.8 Å². The van der Waals surface area contributed by atoms with E-state index >= 15 is 0 Å². The summed E-state index contributed by atoms with van der Waals surface area (Å²) in [5, 5.41) is 9.22. The lowest BCUT2D eigenvalue weighted by Gasteiger charge is -2.35. The highest BCUT2D eigenvalue weighted by molar-refractivity contribution is 5.82. The summed E-state index contributed by atoms with van der Waals surface area (Å²) in [6, 6.07) is -0.648. The first-order chi connectivity index (χ1) is 7.43. The van der Waals surface area contributed by atoms with Gasteiger partial charge in [-0.05, 0) is 24.7 Å². The average Bonchev–Trinajstić information content (AvgIpc) is 2.20. The maximum Gasteiger partial charge on any atom is 0.326 e. The molecule has 1 N–H and O–H groups in total. The van der Waals surface area contributed by atoms with Crippen molar-refractivity contribution in [2.45, 2.75) is 45.6 Å². The molecule has 1 atom stereocenters. The van der Waals surface area contributed by atoms with Crippen molar-refractivity contribution in [3.8, 4) is 0 Å². The zero-order chi connectivity index (χ0) is 12.3. The standard InChI is InChI=1S/C12H21NO3/c1-8-4-6-10(7-5-8)11(12(15)16)13(3)9(2)14/h8,10-11H,4-7H2,1-3H3,(H,15,16). The molecule has 1 unspecified atom stereocenters. The minimum atomic E-state index is -0.878. The highest BCUT2D eigenvalue weighted by Crippen LogP contribution is 2.32. The number of carboxylic acid groups (broad SMARTS) is 1. The Morgan fingerprint density at radius 3 is 2.12 bits per heavy atom. The molecule has 0 spiro atoms. The summed E-state index contributed by atoms with van der Waals surface area (Å²) in [5.41, 5.74) is 0. The summed E-state index contributed by atoms with van der Waals surface area (Å²) in [4.78, 5) is 23.9. The second-order valence-electron chi connectivity index (χ2n) is 4.93. The number of nitrogens with zero attached hydrogens (tertiary/aromatic N) is 1. The Bertz CT molecular complexity index is 269. The van der Waals surface area contributed by atoms with Crippen molar-refractivity contribution in [1.29, 1.82) is 0 Å². The average molecular weight is 227 g/mol. The molecule has 1 saturated carbocycles. The second kappa shape index (κ2) is 5.32. The van der Waals surface area contributed by atoms with Crippen LogP contribution in [-0.4, -0.2) is 35.0 Å². The molecule has 1 aliphatic carbocycles. The van der Waals surface area contributed by atoms with Crippen molar-refractivity contribution >= 4 is 11.9 Å². The van der Waals surface area contributed by atoms with E-state index in [4.69, 9.17) is 0 Å². The Kier molecular flexibility index (Phi) is 4.33. The van der Waals surface area contributed by atoms with Crippen LogP contribution in [0.25, 0.3) is 0 Å². The van der Waals surface area contributed by atoms with Crippen molar-refractivity contribution in [3.05, 3.63) is 0 Å². The molecule has 92 valence electrons. The zero-order valence-corrected chi connectivity index (χ0v) is 10.3. The highest BCUT2D eigenvalue weighted by atomic mass is 16.4. The van der Waals surface area contributed by atoms with E-state index in [1.807, 2.05) is 0 Å². The number of carboxylic acids is 1. The molecule has 0 aromatic carbocycles. The van der Waals surface area contributed by atoms with E-state index < -0.39 is 12.0 Å². The van der Waals surface area contributed by atoms with Gasteiger partial charge in [-0.2, -0.15) is 0 Å². The van der Waals surface area contributed by atoms with Crippen LogP contribution < -0.4 is 0 Å². The van der Waals surface area contributed by atoms with Gasteiger partial charge in [-0.15, -0.1) is 0 Å². The van der Waals surface area contributed by atoms with Crippen molar-refractivity contribution in [3.63, 3.8) is 0 Å². The molecule has 4 nitrogen and oxygen atoms in total. The molecule has 4 heteroatoms. The maximum atomic E-state index is 11.3. The van der Waals surface area contributed by atoms with Gasteiger partial charge in [-0.25, -0.2) is 4.79 Å². The number of carbonyl (C=O) groups is 2. The monoisotopic (exact) mass is 227 g/mol. The number of likely N-dealkylation sites (N-methyl/N-ethyl adjacent to an activating group) is 1. The summed E-state index contributed by atoms with van der Waals surface area (Å²) in [6.45, 7) is 3.61. The molecule has 16 heavy (non-hydrogen) atoms. The van der Waals surface area contributed by atoms with E-state index in [0.29, 0.717) is 5.92 Å². The van der Waals surface area contributed by atoms with Gasteiger partial charge in [0.2, 0.25) is 5.91 Å².